The number of halogens is 2. The summed E-state index contributed by atoms with van der Waals surface area (Å²) >= 11 is 9.47. The van der Waals surface area contributed by atoms with Crippen LogP contribution in [0.25, 0.3) is 17.1 Å². The van der Waals surface area contributed by atoms with Crippen molar-refractivity contribution in [3.63, 3.8) is 0 Å². The van der Waals surface area contributed by atoms with Crippen LogP contribution in [0.1, 0.15) is 21.7 Å². The van der Waals surface area contributed by atoms with Crippen LogP contribution in [0, 0.1) is 13.8 Å². The molecular formula is C23H18BrClN4O. The number of carbonyl (C=O) groups excluding carboxylic acids is 1. The molecule has 0 aliphatic rings. The highest BCUT2D eigenvalue weighted by Gasteiger charge is 2.19. The zero-order valence-electron chi connectivity index (χ0n) is 16.4. The van der Waals surface area contributed by atoms with E-state index < -0.39 is 0 Å². The Hall–Kier alpha value is -2.96. The minimum absolute atomic E-state index is 0.0868. The number of amides is 1. The maximum Gasteiger partial charge on any atom is 0.295 e. The maximum atomic E-state index is 12.9. The van der Waals surface area contributed by atoms with Crippen molar-refractivity contribution in [3.05, 3.63) is 93.2 Å². The molecule has 4 aromatic rings. The normalized spacial score (nSPS) is 10.8. The number of aromatic nitrogens is 3. The van der Waals surface area contributed by atoms with E-state index >= 15 is 0 Å². The van der Waals surface area contributed by atoms with Crippen molar-refractivity contribution in [2.45, 2.75) is 13.8 Å². The van der Waals surface area contributed by atoms with Crippen molar-refractivity contribution in [1.82, 2.24) is 14.8 Å². The summed E-state index contributed by atoms with van der Waals surface area (Å²) in [6, 6.07) is 20.8. The lowest BCUT2D eigenvalue weighted by molar-refractivity contribution is 0.101. The highest BCUT2D eigenvalue weighted by molar-refractivity contribution is 9.10. The van der Waals surface area contributed by atoms with Gasteiger partial charge < -0.3 is 5.32 Å². The van der Waals surface area contributed by atoms with E-state index in [0.29, 0.717) is 16.5 Å². The Morgan fingerprint density at radius 2 is 1.80 bits per heavy atom. The lowest BCUT2D eigenvalue weighted by Crippen LogP contribution is -2.15. The van der Waals surface area contributed by atoms with Gasteiger partial charge in [-0.15, -0.1) is 5.10 Å². The minimum Gasteiger partial charge on any atom is -0.319 e. The largest absolute Gasteiger partial charge is 0.319 e. The first-order valence-electron chi connectivity index (χ1n) is 9.28. The standard InChI is InChI=1S/C23H18BrClN4O/c1-14-4-3-5-19(12-14)29-22(16-6-9-18(25)10-7-16)27-21(28-29)23(30)26-20-11-8-17(24)13-15(20)2/h3-13H,1-2H3,(H,26,30). The van der Waals surface area contributed by atoms with Crippen LogP contribution in [0.5, 0.6) is 0 Å². The van der Waals surface area contributed by atoms with Crippen molar-refractivity contribution in [2.75, 3.05) is 5.32 Å². The van der Waals surface area contributed by atoms with Crippen LogP contribution in [0.15, 0.2) is 71.2 Å². The molecule has 0 unspecified atom stereocenters. The number of nitrogens with one attached hydrogen (secondary N) is 1. The van der Waals surface area contributed by atoms with E-state index in [9.17, 15) is 4.79 Å². The highest BCUT2D eigenvalue weighted by Crippen LogP contribution is 2.25. The topological polar surface area (TPSA) is 59.8 Å². The Morgan fingerprint density at radius 3 is 2.50 bits per heavy atom. The lowest BCUT2D eigenvalue weighted by atomic mass is 10.2. The number of aryl methyl sites for hydroxylation is 2. The summed E-state index contributed by atoms with van der Waals surface area (Å²) in [6.07, 6.45) is 0. The molecule has 0 aliphatic heterocycles. The van der Waals surface area contributed by atoms with E-state index in [0.717, 1.165) is 26.9 Å². The summed E-state index contributed by atoms with van der Waals surface area (Å²) < 4.78 is 2.63. The summed E-state index contributed by atoms with van der Waals surface area (Å²) in [6.45, 7) is 3.94. The van der Waals surface area contributed by atoms with E-state index in [2.05, 4.69) is 31.3 Å². The Balaban J connectivity index is 1.76. The van der Waals surface area contributed by atoms with Gasteiger partial charge in [-0.3, -0.25) is 4.79 Å². The Morgan fingerprint density at radius 1 is 1.03 bits per heavy atom. The monoisotopic (exact) mass is 480 g/mol. The number of hydrogen-bond donors (Lipinski definition) is 1. The average Bonchev–Trinajstić information content (AvgIpc) is 3.16. The van der Waals surface area contributed by atoms with Crippen molar-refractivity contribution < 1.29 is 4.79 Å². The first-order chi connectivity index (χ1) is 14.4. The van der Waals surface area contributed by atoms with Crippen molar-refractivity contribution in [3.8, 4) is 17.1 Å². The number of rotatable bonds is 4. The van der Waals surface area contributed by atoms with E-state index in [-0.39, 0.29) is 11.7 Å². The minimum atomic E-state index is -0.373. The van der Waals surface area contributed by atoms with Crippen LogP contribution in [0.2, 0.25) is 5.02 Å². The molecule has 150 valence electrons. The van der Waals surface area contributed by atoms with Gasteiger partial charge in [0.1, 0.15) is 0 Å². The summed E-state index contributed by atoms with van der Waals surface area (Å²) in [4.78, 5) is 17.5. The second kappa shape index (κ2) is 8.42. The fourth-order valence-corrected chi connectivity index (χ4v) is 3.68. The molecule has 1 aromatic heterocycles. The number of carbonyl (C=O) groups is 1. The Labute approximate surface area is 187 Å². The van der Waals surface area contributed by atoms with Gasteiger partial charge in [0.2, 0.25) is 5.82 Å². The molecule has 5 nitrogen and oxygen atoms in total. The van der Waals surface area contributed by atoms with Gasteiger partial charge in [-0.2, -0.15) is 0 Å². The van der Waals surface area contributed by atoms with Crippen molar-refractivity contribution >= 4 is 39.1 Å². The first kappa shape index (κ1) is 20.3. The molecule has 0 saturated heterocycles. The molecule has 1 heterocycles. The molecule has 1 N–H and O–H groups in total. The van der Waals surface area contributed by atoms with Gasteiger partial charge in [-0.25, -0.2) is 9.67 Å². The third-order valence-corrected chi connectivity index (χ3v) is 5.34. The molecule has 1 amide bonds. The molecule has 0 saturated carbocycles. The van der Waals surface area contributed by atoms with E-state index in [1.807, 2.05) is 68.4 Å². The van der Waals surface area contributed by atoms with Crippen LogP contribution < -0.4 is 5.32 Å². The van der Waals surface area contributed by atoms with Gasteiger partial charge in [-0.05, 0) is 79.6 Å². The quantitative estimate of drug-likeness (QED) is 0.376. The molecule has 0 fully saturated rings. The van der Waals surface area contributed by atoms with Crippen LogP contribution >= 0.6 is 27.5 Å². The first-order valence-corrected chi connectivity index (χ1v) is 10.5. The molecule has 0 atom stereocenters. The lowest BCUT2D eigenvalue weighted by Gasteiger charge is -2.07. The van der Waals surface area contributed by atoms with Gasteiger partial charge in [0, 0.05) is 20.7 Å². The summed E-state index contributed by atoms with van der Waals surface area (Å²) in [5, 5.41) is 8.04. The molecule has 0 radical (unpaired) electrons. The van der Waals surface area contributed by atoms with Crippen LogP contribution in [0.3, 0.4) is 0 Å². The smallest absolute Gasteiger partial charge is 0.295 e. The van der Waals surface area contributed by atoms with E-state index in [1.54, 1.807) is 16.8 Å². The molecule has 0 spiro atoms. The fourth-order valence-electron chi connectivity index (χ4n) is 3.08. The van der Waals surface area contributed by atoms with Crippen molar-refractivity contribution in [2.24, 2.45) is 0 Å². The second-order valence-electron chi connectivity index (χ2n) is 6.93. The number of anilines is 1. The predicted octanol–water partition coefficient (Wildman–Crippen LogP) is 6.22. The van der Waals surface area contributed by atoms with Gasteiger partial charge in [-0.1, -0.05) is 39.7 Å². The summed E-state index contributed by atoms with van der Waals surface area (Å²) in [5.74, 6) is 0.278. The predicted molar refractivity (Wildman–Crippen MR) is 123 cm³/mol. The molecule has 7 heteroatoms. The van der Waals surface area contributed by atoms with E-state index in [1.165, 1.54) is 0 Å². The van der Waals surface area contributed by atoms with Gasteiger partial charge >= 0.3 is 0 Å². The fraction of sp³-hybridized carbons (Fsp3) is 0.0870. The van der Waals surface area contributed by atoms with Gasteiger partial charge in [0.25, 0.3) is 5.91 Å². The van der Waals surface area contributed by atoms with Gasteiger partial charge in [0.15, 0.2) is 5.82 Å². The van der Waals surface area contributed by atoms with Crippen LogP contribution in [0.4, 0.5) is 5.69 Å². The summed E-state index contributed by atoms with van der Waals surface area (Å²) in [5.41, 5.74) is 4.37. The van der Waals surface area contributed by atoms with E-state index in [4.69, 9.17) is 11.6 Å². The van der Waals surface area contributed by atoms with Gasteiger partial charge in [0.05, 0.1) is 5.69 Å². The zero-order valence-corrected chi connectivity index (χ0v) is 18.7. The molecule has 0 aliphatic carbocycles. The molecule has 4 rings (SSSR count). The number of hydrogen-bond acceptors (Lipinski definition) is 3. The number of benzene rings is 3. The van der Waals surface area contributed by atoms with Crippen LogP contribution in [-0.2, 0) is 0 Å². The average molecular weight is 482 g/mol. The molecule has 30 heavy (non-hydrogen) atoms. The Bertz CT molecular complexity index is 1230. The second-order valence-corrected chi connectivity index (χ2v) is 8.28. The molecule has 0 bridgehead atoms. The highest BCUT2D eigenvalue weighted by atomic mass is 79.9. The third kappa shape index (κ3) is 4.30. The van der Waals surface area contributed by atoms with Crippen LogP contribution in [-0.4, -0.2) is 20.7 Å². The zero-order chi connectivity index (χ0) is 21.3. The molecule has 3 aromatic carbocycles. The molecular weight excluding hydrogens is 464 g/mol. The maximum absolute atomic E-state index is 12.9. The summed E-state index contributed by atoms with van der Waals surface area (Å²) in [7, 11) is 0. The Kier molecular flexibility index (Phi) is 5.70. The van der Waals surface area contributed by atoms with Crippen molar-refractivity contribution in [1.29, 1.82) is 0 Å². The number of nitrogens with zero attached hydrogens (tertiary/aromatic N) is 3. The third-order valence-electron chi connectivity index (χ3n) is 4.60. The SMILES string of the molecule is Cc1cccc(-n2nc(C(=O)Nc3ccc(Br)cc3C)nc2-c2ccc(Cl)cc2)c1.